The minimum Gasteiger partial charge on any atom is -0.399 e. The number of carbonyl (C=O) groups is 2. The van der Waals surface area contributed by atoms with E-state index in [1.54, 1.807) is 28.8 Å². The summed E-state index contributed by atoms with van der Waals surface area (Å²) in [6.07, 6.45) is 3.15. The molecule has 1 unspecified atom stereocenters. The van der Waals surface area contributed by atoms with Crippen LogP contribution in [0.25, 0.3) is 0 Å². The van der Waals surface area contributed by atoms with Gasteiger partial charge < -0.3 is 16.0 Å². The Morgan fingerprint density at radius 3 is 2.82 bits per heavy atom. The van der Waals surface area contributed by atoms with Crippen molar-refractivity contribution in [2.75, 3.05) is 11.5 Å². The molecule has 0 radical (unpaired) electrons. The summed E-state index contributed by atoms with van der Waals surface area (Å²) in [7, 11) is 0. The second kappa shape index (κ2) is 6.04. The van der Waals surface area contributed by atoms with Gasteiger partial charge in [0.25, 0.3) is 5.91 Å². The zero-order valence-corrected chi connectivity index (χ0v) is 13.2. The number of β-lactam (4-membered cyclic amide) rings is 1. The van der Waals surface area contributed by atoms with E-state index < -0.39 is 6.04 Å². The van der Waals surface area contributed by atoms with E-state index in [1.165, 1.54) is 5.57 Å². The first-order valence-corrected chi connectivity index (χ1v) is 8.40. The van der Waals surface area contributed by atoms with Gasteiger partial charge in [-0.2, -0.15) is 0 Å². The quantitative estimate of drug-likeness (QED) is 0.652. The predicted molar refractivity (Wildman–Crippen MR) is 88.0 cm³/mol. The fourth-order valence-electron chi connectivity index (χ4n) is 2.60. The van der Waals surface area contributed by atoms with Crippen LogP contribution in [-0.4, -0.2) is 33.9 Å². The molecule has 0 aliphatic carbocycles. The number of nitrogens with zero attached hydrogens (tertiary/aromatic N) is 1. The minimum absolute atomic E-state index is 0.0196. The number of benzene rings is 1. The Hall–Kier alpha value is -1.95. The van der Waals surface area contributed by atoms with Gasteiger partial charge in [-0.15, -0.1) is 11.8 Å². The van der Waals surface area contributed by atoms with Gasteiger partial charge in [0.2, 0.25) is 5.91 Å². The third kappa shape index (κ3) is 2.83. The third-order valence-electron chi connectivity index (χ3n) is 3.96. The Bertz CT molecular complexity index is 627. The number of thioether (sulfide) groups is 1. The van der Waals surface area contributed by atoms with Crippen LogP contribution in [0.15, 0.2) is 36.0 Å². The molecular weight excluding hydrogens is 298 g/mol. The lowest BCUT2D eigenvalue weighted by atomic mass is 10.1. The molecular formula is C16H19N3O2S. The van der Waals surface area contributed by atoms with Gasteiger partial charge in [0, 0.05) is 17.6 Å². The summed E-state index contributed by atoms with van der Waals surface area (Å²) in [6.45, 7) is 2.09. The van der Waals surface area contributed by atoms with Crippen molar-refractivity contribution < 1.29 is 9.59 Å². The van der Waals surface area contributed by atoms with E-state index >= 15 is 0 Å². The van der Waals surface area contributed by atoms with E-state index in [2.05, 4.69) is 12.2 Å². The van der Waals surface area contributed by atoms with Crippen molar-refractivity contribution in [3.05, 3.63) is 41.6 Å². The lowest BCUT2D eigenvalue weighted by molar-refractivity contribution is -0.144. The van der Waals surface area contributed by atoms with Crippen LogP contribution in [0.4, 0.5) is 5.69 Å². The highest BCUT2D eigenvalue weighted by molar-refractivity contribution is 8.00. The Kier molecular flexibility index (Phi) is 4.11. The van der Waals surface area contributed by atoms with E-state index in [0.29, 0.717) is 5.69 Å². The molecule has 0 saturated carbocycles. The molecule has 116 valence electrons. The Labute approximate surface area is 133 Å². The van der Waals surface area contributed by atoms with Crippen molar-refractivity contribution in [2.45, 2.75) is 31.2 Å². The van der Waals surface area contributed by atoms with Gasteiger partial charge >= 0.3 is 0 Å². The lowest BCUT2D eigenvalue weighted by Gasteiger charge is -2.47. The summed E-state index contributed by atoms with van der Waals surface area (Å²) < 4.78 is 0. The molecule has 5 nitrogen and oxygen atoms in total. The molecule has 1 fully saturated rings. The Balaban J connectivity index is 1.58. The molecule has 3 N–H and O–H groups in total. The standard InChI is InChI=1S/C16H19N3O2S/c1-2-10-8-19-15(21)14(16(19)22-9-10)18-13(20)7-11-3-5-12(17)6-4-11/h3-6,8,14,16H,2,7,9,17H2,1H3,(H,18,20)/t14?,16-/m0/s1. The molecule has 3 rings (SSSR count). The number of hydrogen-bond acceptors (Lipinski definition) is 4. The molecule has 1 aromatic rings. The fourth-order valence-corrected chi connectivity index (χ4v) is 3.96. The Morgan fingerprint density at radius 1 is 1.41 bits per heavy atom. The minimum atomic E-state index is -0.402. The van der Waals surface area contributed by atoms with E-state index in [-0.39, 0.29) is 23.6 Å². The van der Waals surface area contributed by atoms with Crippen molar-refractivity contribution in [1.29, 1.82) is 0 Å². The summed E-state index contributed by atoms with van der Waals surface area (Å²) in [5, 5.41) is 2.89. The van der Waals surface area contributed by atoms with Crippen molar-refractivity contribution in [1.82, 2.24) is 10.2 Å². The number of fused-ring (bicyclic) bond motifs is 1. The number of nitrogen functional groups attached to an aromatic ring is 1. The molecule has 1 saturated heterocycles. The SMILES string of the molecule is CCC1=CN2C(=O)C(NC(=O)Cc3ccc(N)cc3)[C@@H]2SC1. The smallest absolute Gasteiger partial charge is 0.253 e. The summed E-state index contributed by atoms with van der Waals surface area (Å²) in [5.41, 5.74) is 8.45. The van der Waals surface area contributed by atoms with Gasteiger partial charge in [-0.1, -0.05) is 19.1 Å². The highest BCUT2D eigenvalue weighted by Crippen LogP contribution is 2.36. The van der Waals surface area contributed by atoms with Crippen LogP contribution in [0.2, 0.25) is 0 Å². The number of rotatable bonds is 4. The van der Waals surface area contributed by atoms with E-state index in [9.17, 15) is 9.59 Å². The lowest BCUT2D eigenvalue weighted by Crippen LogP contribution is -2.68. The largest absolute Gasteiger partial charge is 0.399 e. The van der Waals surface area contributed by atoms with E-state index in [1.807, 2.05) is 18.3 Å². The molecule has 2 atom stereocenters. The van der Waals surface area contributed by atoms with Crippen molar-refractivity contribution in [2.24, 2.45) is 0 Å². The topological polar surface area (TPSA) is 75.4 Å². The van der Waals surface area contributed by atoms with Crippen LogP contribution >= 0.6 is 11.8 Å². The van der Waals surface area contributed by atoms with Crippen molar-refractivity contribution >= 4 is 29.3 Å². The van der Waals surface area contributed by atoms with E-state index in [4.69, 9.17) is 5.73 Å². The maximum Gasteiger partial charge on any atom is 0.253 e. The maximum atomic E-state index is 12.1. The van der Waals surface area contributed by atoms with Gasteiger partial charge in [-0.3, -0.25) is 9.59 Å². The van der Waals surface area contributed by atoms with E-state index in [0.717, 1.165) is 17.7 Å². The molecule has 22 heavy (non-hydrogen) atoms. The molecule has 2 amide bonds. The number of nitrogens with one attached hydrogen (secondary N) is 1. The highest BCUT2D eigenvalue weighted by Gasteiger charge is 2.49. The second-order valence-corrected chi connectivity index (χ2v) is 6.66. The Morgan fingerprint density at radius 2 is 2.14 bits per heavy atom. The maximum absolute atomic E-state index is 12.1. The molecule has 2 aliphatic heterocycles. The van der Waals surface area contributed by atoms with Gasteiger partial charge in [0.1, 0.15) is 11.4 Å². The normalized spacial score (nSPS) is 23.4. The van der Waals surface area contributed by atoms with Crippen LogP contribution in [0.5, 0.6) is 0 Å². The first kappa shape index (κ1) is 15.0. The summed E-state index contributed by atoms with van der Waals surface area (Å²) in [4.78, 5) is 26.0. The molecule has 6 heteroatoms. The molecule has 1 aromatic carbocycles. The van der Waals surface area contributed by atoms with Crippen molar-refractivity contribution in [3.63, 3.8) is 0 Å². The van der Waals surface area contributed by atoms with Gasteiger partial charge in [0.15, 0.2) is 0 Å². The molecule has 0 bridgehead atoms. The van der Waals surface area contributed by atoms with Gasteiger partial charge in [0.05, 0.1) is 6.42 Å². The molecule has 2 heterocycles. The number of hydrogen-bond donors (Lipinski definition) is 2. The molecule has 2 aliphatic rings. The van der Waals surface area contributed by atoms with Gasteiger partial charge in [-0.25, -0.2) is 0 Å². The van der Waals surface area contributed by atoms with Crippen LogP contribution < -0.4 is 11.1 Å². The van der Waals surface area contributed by atoms with Crippen LogP contribution in [0.1, 0.15) is 18.9 Å². The zero-order chi connectivity index (χ0) is 15.7. The molecule has 0 spiro atoms. The molecule has 0 aromatic heterocycles. The average Bonchev–Trinajstić information content (AvgIpc) is 2.54. The van der Waals surface area contributed by atoms with Gasteiger partial charge in [-0.05, 0) is 29.7 Å². The second-order valence-electron chi connectivity index (χ2n) is 5.55. The van der Waals surface area contributed by atoms with Crippen LogP contribution in [0.3, 0.4) is 0 Å². The predicted octanol–water partition coefficient (Wildman–Crippen LogP) is 1.51. The third-order valence-corrected chi connectivity index (χ3v) is 5.33. The monoisotopic (exact) mass is 317 g/mol. The van der Waals surface area contributed by atoms with Crippen LogP contribution in [0, 0.1) is 0 Å². The average molecular weight is 317 g/mol. The number of nitrogens with two attached hydrogens (primary N) is 1. The van der Waals surface area contributed by atoms with Crippen LogP contribution in [-0.2, 0) is 16.0 Å². The zero-order valence-electron chi connectivity index (χ0n) is 12.4. The fraction of sp³-hybridized carbons (Fsp3) is 0.375. The number of carbonyl (C=O) groups excluding carboxylic acids is 2. The first-order valence-electron chi connectivity index (χ1n) is 7.35. The highest BCUT2D eigenvalue weighted by atomic mass is 32.2. The van der Waals surface area contributed by atoms with Crippen molar-refractivity contribution in [3.8, 4) is 0 Å². The summed E-state index contributed by atoms with van der Waals surface area (Å²) in [6, 6.07) is 6.80. The summed E-state index contributed by atoms with van der Waals surface area (Å²) in [5.74, 6) is 0.775. The first-order chi connectivity index (χ1) is 10.6. The number of amides is 2. The summed E-state index contributed by atoms with van der Waals surface area (Å²) >= 11 is 1.71. The number of anilines is 1.